The normalized spacial score (nSPS) is 17.9. The zero-order valence-electron chi connectivity index (χ0n) is 11.7. The predicted octanol–water partition coefficient (Wildman–Crippen LogP) is 5.53. The van der Waals surface area contributed by atoms with Crippen LogP contribution >= 0.6 is 23.2 Å². The SMILES string of the molecule is Cc1nc(C)c(Cl)c(NC2CCCCCCC2)c1Cl. The van der Waals surface area contributed by atoms with Crippen molar-refractivity contribution in [1.29, 1.82) is 0 Å². The van der Waals surface area contributed by atoms with Crippen molar-refractivity contribution < 1.29 is 0 Å². The maximum absolute atomic E-state index is 6.35. The summed E-state index contributed by atoms with van der Waals surface area (Å²) in [4.78, 5) is 4.36. The van der Waals surface area contributed by atoms with Crippen LogP contribution in [0.5, 0.6) is 0 Å². The van der Waals surface area contributed by atoms with E-state index >= 15 is 0 Å². The minimum Gasteiger partial charge on any atom is -0.380 e. The number of aromatic nitrogens is 1. The van der Waals surface area contributed by atoms with Gasteiger partial charge in [0.25, 0.3) is 0 Å². The first kappa shape index (κ1) is 14.9. The number of rotatable bonds is 2. The molecule has 0 amide bonds. The van der Waals surface area contributed by atoms with Crippen molar-refractivity contribution in [2.24, 2.45) is 0 Å². The zero-order chi connectivity index (χ0) is 13.8. The molecule has 2 rings (SSSR count). The van der Waals surface area contributed by atoms with Crippen LogP contribution in [0.1, 0.15) is 56.3 Å². The third kappa shape index (κ3) is 3.76. The Morgan fingerprint density at radius 1 is 0.895 bits per heavy atom. The van der Waals surface area contributed by atoms with Crippen LogP contribution in [0.15, 0.2) is 0 Å². The van der Waals surface area contributed by atoms with E-state index in [0.717, 1.165) is 17.1 Å². The van der Waals surface area contributed by atoms with Crippen LogP contribution in [0.4, 0.5) is 5.69 Å². The van der Waals surface area contributed by atoms with E-state index in [-0.39, 0.29) is 0 Å². The second-order valence-corrected chi connectivity index (χ2v) is 6.23. The average molecular weight is 301 g/mol. The second kappa shape index (κ2) is 6.81. The fourth-order valence-electron chi connectivity index (χ4n) is 2.74. The van der Waals surface area contributed by atoms with Gasteiger partial charge in [-0.05, 0) is 26.7 Å². The van der Waals surface area contributed by atoms with Gasteiger partial charge in [0.15, 0.2) is 0 Å². The van der Waals surface area contributed by atoms with Gasteiger partial charge in [-0.2, -0.15) is 0 Å². The van der Waals surface area contributed by atoms with Crippen LogP contribution in [-0.4, -0.2) is 11.0 Å². The van der Waals surface area contributed by atoms with E-state index in [4.69, 9.17) is 23.2 Å². The van der Waals surface area contributed by atoms with Gasteiger partial charge < -0.3 is 5.32 Å². The highest BCUT2D eigenvalue weighted by Gasteiger charge is 2.17. The van der Waals surface area contributed by atoms with Crippen molar-refractivity contribution in [2.75, 3.05) is 5.32 Å². The largest absolute Gasteiger partial charge is 0.380 e. The van der Waals surface area contributed by atoms with Crippen LogP contribution in [-0.2, 0) is 0 Å². The molecule has 1 aromatic rings. The van der Waals surface area contributed by atoms with Gasteiger partial charge in [-0.25, -0.2) is 0 Å². The highest BCUT2D eigenvalue weighted by Crippen LogP contribution is 2.35. The van der Waals surface area contributed by atoms with Gasteiger partial charge >= 0.3 is 0 Å². The molecule has 0 saturated heterocycles. The minimum absolute atomic E-state index is 0.483. The standard InChI is InChI=1S/C15H22Cl2N2/c1-10-13(16)15(14(17)11(2)18-10)19-12-8-6-4-3-5-7-9-12/h12H,3-9H2,1-2H3,(H,18,19). The van der Waals surface area contributed by atoms with Gasteiger partial charge in [0.1, 0.15) is 0 Å². The summed E-state index contributed by atoms with van der Waals surface area (Å²) < 4.78 is 0. The van der Waals surface area contributed by atoms with E-state index in [2.05, 4.69) is 10.3 Å². The average Bonchev–Trinajstić information content (AvgIpc) is 2.34. The van der Waals surface area contributed by atoms with Crippen molar-refractivity contribution in [3.8, 4) is 0 Å². The Hall–Kier alpha value is -0.470. The number of hydrogen-bond donors (Lipinski definition) is 1. The van der Waals surface area contributed by atoms with Crippen molar-refractivity contribution in [3.05, 3.63) is 21.4 Å². The Bertz CT molecular complexity index is 412. The maximum Gasteiger partial charge on any atom is 0.0865 e. The Labute approximate surface area is 125 Å². The monoisotopic (exact) mass is 300 g/mol. The summed E-state index contributed by atoms with van der Waals surface area (Å²) in [6.07, 6.45) is 9.04. The Balaban J connectivity index is 2.17. The van der Waals surface area contributed by atoms with Crippen molar-refractivity contribution in [3.63, 3.8) is 0 Å². The molecule has 0 unspecified atom stereocenters. The molecule has 0 aromatic carbocycles. The first-order valence-electron chi connectivity index (χ1n) is 7.18. The van der Waals surface area contributed by atoms with Crippen molar-refractivity contribution in [1.82, 2.24) is 4.98 Å². The lowest BCUT2D eigenvalue weighted by Gasteiger charge is -2.24. The molecule has 0 spiro atoms. The molecular weight excluding hydrogens is 279 g/mol. The lowest BCUT2D eigenvalue weighted by molar-refractivity contribution is 0.471. The van der Waals surface area contributed by atoms with Gasteiger partial charge in [-0.1, -0.05) is 55.3 Å². The third-order valence-corrected chi connectivity index (χ3v) is 4.79. The number of nitrogens with zero attached hydrogens (tertiary/aromatic N) is 1. The molecule has 1 aromatic heterocycles. The number of aryl methyl sites for hydroxylation is 2. The quantitative estimate of drug-likeness (QED) is 0.776. The Kier molecular flexibility index (Phi) is 5.35. The van der Waals surface area contributed by atoms with Crippen LogP contribution in [0.25, 0.3) is 0 Å². The van der Waals surface area contributed by atoms with Gasteiger partial charge in [0, 0.05) is 6.04 Å². The van der Waals surface area contributed by atoms with Crippen LogP contribution in [0.2, 0.25) is 10.0 Å². The van der Waals surface area contributed by atoms with E-state index in [1.54, 1.807) is 0 Å². The molecule has 1 aliphatic rings. The highest BCUT2D eigenvalue weighted by molar-refractivity contribution is 6.39. The summed E-state index contributed by atoms with van der Waals surface area (Å²) >= 11 is 12.7. The number of anilines is 1. The molecule has 4 heteroatoms. The smallest absolute Gasteiger partial charge is 0.0865 e. The van der Waals surface area contributed by atoms with Crippen LogP contribution in [0, 0.1) is 13.8 Å². The molecule has 1 heterocycles. The molecule has 106 valence electrons. The number of nitrogens with one attached hydrogen (secondary N) is 1. The first-order valence-corrected chi connectivity index (χ1v) is 7.94. The van der Waals surface area contributed by atoms with Crippen LogP contribution < -0.4 is 5.32 Å². The molecular formula is C15H22Cl2N2. The van der Waals surface area contributed by atoms with E-state index in [1.165, 1.54) is 44.9 Å². The predicted molar refractivity (Wildman–Crippen MR) is 83.5 cm³/mol. The molecule has 0 radical (unpaired) electrons. The lowest BCUT2D eigenvalue weighted by atomic mass is 9.96. The Morgan fingerprint density at radius 3 is 1.89 bits per heavy atom. The van der Waals surface area contributed by atoms with Gasteiger partial charge in [-0.3, -0.25) is 4.98 Å². The fraction of sp³-hybridized carbons (Fsp3) is 0.667. The summed E-state index contributed by atoms with van der Waals surface area (Å²) in [7, 11) is 0. The van der Waals surface area contributed by atoms with E-state index in [1.807, 2.05) is 13.8 Å². The summed E-state index contributed by atoms with van der Waals surface area (Å²) in [6, 6.07) is 0.483. The topological polar surface area (TPSA) is 24.9 Å². The third-order valence-electron chi connectivity index (χ3n) is 3.86. The number of pyridine rings is 1. The molecule has 0 atom stereocenters. The lowest BCUT2D eigenvalue weighted by Crippen LogP contribution is -2.21. The molecule has 1 N–H and O–H groups in total. The fourth-order valence-corrected chi connectivity index (χ4v) is 3.17. The molecule has 0 aliphatic heterocycles. The maximum atomic E-state index is 6.35. The molecule has 19 heavy (non-hydrogen) atoms. The first-order chi connectivity index (χ1) is 9.09. The summed E-state index contributed by atoms with van der Waals surface area (Å²) in [5.41, 5.74) is 2.56. The minimum atomic E-state index is 0.483. The Morgan fingerprint density at radius 2 is 1.37 bits per heavy atom. The van der Waals surface area contributed by atoms with E-state index in [9.17, 15) is 0 Å². The number of hydrogen-bond acceptors (Lipinski definition) is 2. The zero-order valence-corrected chi connectivity index (χ0v) is 13.2. The summed E-state index contributed by atoms with van der Waals surface area (Å²) in [5.74, 6) is 0. The molecule has 1 saturated carbocycles. The summed E-state index contributed by atoms with van der Waals surface area (Å²) in [6.45, 7) is 3.85. The van der Waals surface area contributed by atoms with Gasteiger partial charge in [0.05, 0.1) is 27.1 Å². The highest BCUT2D eigenvalue weighted by atomic mass is 35.5. The second-order valence-electron chi connectivity index (χ2n) is 5.47. The number of halogens is 2. The van der Waals surface area contributed by atoms with E-state index in [0.29, 0.717) is 16.1 Å². The molecule has 1 aliphatic carbocycles. The summed E-state index contributed by atoms with van der Waals surface area (Å²) in [5, 5.41) is 4.89. The molecule has 2 nitrogen and oxygen atoms in total. The van der Waals surface area contributed by atoms with Crippen molar-refractivity contribution in [2.45, 2.75) is 64.8 Å². The van der Waals surface area contributed by atoms with Crippen molar-refractivity contribution >= 4 is 28.9 Å². The van der Waals surface area contributed by atoms with Gasteiger partial charge in [0.2, 0.25) is 0 Å². The van der Waals surface area contributed by atoms with Gasteiger partial charge in [-0.15, -0.1) is 0 Å². The molecule has 0 bridgehead atoms. The van der Waals surface area contributed by atoms with Crippen LogP contribution in [0.3, 0.4) is 0 Å². The van der Waals surface area contributed by atoms with E-state index < -0.39 is 0 Å². The molecule has 1 fully saturated rings.